The Bertz CT molecular complexity index is 17.7. The summed E-state index contributed by atoms with van der Waals surface area (Å²) in [5, 5.41) is 0. The summed E-state index contributed by atoms with van der Waals surface area (Å²) in [5.41, 5.74) is 0. The molecule has 0 saturated heterocycles. The van der Waals surface area contributed by atoms with E-state index in [1.807, 2.05) is 0 Å². The second kappa shape index (κ2) is 16.3. The van der Waals surface area contributed by atoms with E-state index in [9.17, 15) is 13.2 Å². The van der Waals surface area contributed by atoms with Crippen molar-refractivity contribution in [1.82, 2.24) is 0 Å². The van der Waals surface area contributed by atoms with Crippen LogP contribution in [-0.2, 0) is 17.1 Å². The van der Waals surface area contributed by atoms with Crippen molar-refractivity contribution in [3.63, 3.8) is 0 Å². The number of rotatable bonds is 0. The van der Waals surface area contributed by atoms with Gasteiger partial charge in [0, 0.05) is 17.1 Å². The maximum absolute atomic E-state index is 9.58. The summed E-state index contributed by atoms with van der Waals surface area (Å²) in [6.45, 7) is -3.08. The maximum atomic E-state index is 9.58. The second-order valence-corrected chi connectivity index (χ2v) is 0.214. The fourth-order valence-corrected chi connectivity index (χ4v) is 0. The molecule has 4 N–H and O–H groups in total. The largest absolute Gasteiger partial charge is 0.693 e. The Labute approximate surface area is 50.1 Å². The zero-order chi connectivity index (χ0) is 3.58. The van der Waals surface area contributed by atoms with E-state index in [1.165, 1.54) is 0 Å². The Balaban J connectivity index is -0.0000000150. The van der Waals surface area contributed by atoms with Crippen molar-refractivity contribution in [2.75, 3.05) is 0 Å². The van der Waals surface area contributed by atoms with Crippen LogP contribution in [0.15, 0.2) is 0 Å². The third kappa shape index (κ3) is 2120. The summed E-state index contributed by atoms with van der Waals surface area (Å²) in [4.78, 5) is 0. The SMILES string of the molecule is F[C-](F)F.[Cu].[NH2-].[NH2-]. The fourth-order valence-electron chi connectivity index (χ4n) is 0. The molecule has 0 heterocycles. The molecule has 0 atom stereocenters. The van der Waals surface area contributed by atoms with Crippen molar-refractivity contribution in [3.05, 3.63) is 19.0 Å². The van der Waals surface area contributed by atoms with Gasteiger partial charge in [-0.05, 0) is 0 Å². The van der Waals surface area contributed by atoms with Crippen molar-refractivity contribution >= 4 is 0 Å². The minimum Gasteiger partial charge on any atom is -0.693 e. The van der Waals surface area contributed by atoms with Gasteiger partial charge in [0.15, 0.2) is 6.68 Å². The Morgan fingerprint density at radius 1 is 0.857 bits per heavy atom. The molecule has 0 aliphatic heterocycles. The van der Waals surface area contributed by atoms with Crippen LogP contribution >= 0.6 is 0 Å². The van der Waals surface area contributed by atoms with Gasteiger partial charge in [-0.3, -0.25) is 0 Å². The van der Waals surface area contributed by atoms with Crippen LogP contribution in [-0.4, -0.2) is 0 Å². The van der Waals surface area contributed by atoms with Gasteiger partial charge in [-0.1, -0.05) is 0 Å². The van der Waals surface area contributed by atoms with Crippen molar-refractivity contribution in [3.8, 4) is 0 Å². The zero-order valence-electron chi connectivity index (χ0n) is 3.09. The predicted molar refractivity (Wildman–Crippen MR) is 17.1 cm³/mol. The van der Waals surface area contributed by atoms with Crippen LogP contribution in [0, 0.1) is 6.68 Å². The minimum absolute atomic E-state index is 0. The van der Waals surface area contributed by atoms with Gasteiger partial charge in [0.2, 0.25) is 0 Å². The summed E-state index contributed by atoms with van der Waals surface area (Å²) in [7, 11) is 0. The summed E-state index contributed by atoms with van der Waals surface area (Å²) >= 11 is 0. The van der Waals surface area contributed by atoms with E-state index >= 15 is 0 Å². The third-order valence-electron chi connectivity index (χ3n) is 0. The first-order valence-corrected chi connectivity index (χ1v) is 0.567. The van der Waals surface area contributed by atoms with Crippen LogP contribution in [0.3, 0.4) is 0 Å². The van der Waals surface area contributed by atoms with Gasteiger partial charge in [0.05, 0.1) is 0 Å². The van der Waals surface area contributed by atoms with Crippen molar-refractivity contribution in [2.24, 2.45) is 0 Å². The number of nitrogens with two attached hydrogens (primary N) is 2. The average Bonchev–Trinajstić information content (AvgIpc) is 0.811. The quantitative estimate of drug-likeness (QED) is 0.390. The normalized spacial score (nSPS) is 5.14. The fraction of sp³-hybridized carbons (Fsp3) is 0. The molecule has 0 amide bonds. The molecule has 0 aromatic heterocycles. The average molecular weight is 165 g/mol. The van der Waals surface area contributed by atoms with Crippen LogP contribution in [0.1, 0.15) is 0 Å². The van der Waals surface area contributed by atoms with E-state index in [1.54, 1.807) is 0 Å². The second-order valence-electron chi connectivity index (χ2n) is 0.214. The molecule has 6 heteroatoms. The molecule has 7 heavy (non-hydrogen) atoms. The first kappa shape index (κ1) is 26.9. The molecule has 0 unspecified atom stereocenters. The number of hydrogen-bond acceptors (Lipinski definition) is 0. The van der Waals surface area contributed by atoms with Gasteiger partial charge in [-0.15, -0.1) is 0 Å². The first-order chi connectivity index (χ1) is 1.73. The summed E-state index contributed by atoms with van der Waals surface area (Å²) in [6, 6.07) is 0. The van der Waals surface area contributed by atoms with Gasteiger partial charge in [0.1, 0.15) is 0 Å². The van der Waals surface area contributed by atoms with Gasteiger partial charge in [-0.2, -0.15) is 0 Å². The zero-order valence-corrected chi connectivity index (χ0v) is 4.03. The molecular weight excluding hydrogens is 161 g/mol. The van der Waals surface area contributed by atoms with Crippen LogP contribution in [0.4, 0.5) is 13.2 Å². The first-order valence-electron chi connectivity index (χ1n) is 0.567. The summed E-state index contributed by atoms with van der Waals surface area (Å²) in [5.74, 6) is 0. The van der Waals surface area contributed by atoms with Crippen LogP contribution < -0.4 is 0 Å². The van der Waals surface area contributed by atoms with E-state index in [0.717, 1.165) is 0 Å². The van der Waals surface area contributed by atoms with Crippen LogP contribution in [0.5, 0.6) is 0 Å². The predicted octanol–water partition coefficient (Wildman–Crippen LogP) is 2.77. The third-order valence-corrected chi connectivity index (χ3v) is 0. The molecule has 0 aromatic rings. The topological polar surface area (TPSA) is 67.0 Å². The smallest absolute Gasteiger partial charge is 0.154 e. The Morgan fingerprint density at radius 2 is 0.857 bits per heavy atom. The van der Waals surface area contributed by atoms with Crippen molar-refractivity contribution in [2.45, 2.75) is 0 Å². The number of hydrogen-bond donors (Lipinski definition) is 0. The molecule has 0 aliphatic rings. The van der Waals surface area contributed by atoms with Crippen molar-refractivity contribution in [1.29, 1.82) is 0 Å². The Morgan fingerprint density at radius 3 is 0.857 bits per heavy atom. The standard InChI is InChI=1S/CF3.Cu.2H2N/c2-1(3)4;;;/h;;2*1H2/q-1;;2*-1. The number of halogens is 3. The van der Waals surface area contributed by atoms with Crippen LogP contribution in [0.2, 0.25) is 0 Å². The molecule has 1 radical (unpaired) electrons. The molecule has 0 rings (SSSR count). The molecule has 0 bridgehead atoms. The van der Waals surface area contributed by atoms with Crippen LogP contribution in [0.25, 0.3) is 12.3 Å². The molecule has 2 nitrogen and oxygen atoms in total. The molecule has 0 spiro atoms. The molecule has 0 aromatic carbocycles. The van der Waals surface area contributed by atoms with Gasteiger partial charge in [-0.25, -0.2) is 0 Å². The van der Waals surface area contributed by atoms with Crippen molar-refractivity contribution < 1.29 is 30.2 Å². The van der Waals surface area contributed by atoms with Gasteiger partial charge in [0.25, 0.3) is 0 Å². The van der Waals surface area contributed by atoms with Gasteiger partial charge >= 0.3 is 0 Å². The van der Waals surface area contributed by atoms with E-state index in [2.05, 4.69) is 0 Å². The molecule has 0 aliphatic carbocycles. The summed E-state index contributed by atoms with van der Waals surface area (Å²) in [6.07, 6.45) is 0. The Kier molecular flexibility index (Phi) is 62.8. The minimum atomic E-state index is -3.08. The van der Waals surface area contributed by atoms with E-state index < -0.39 is 6.68 Å². The molecule has 0 fully saturated rings. The summed E-state index contributed by atoms with van der Waals surface area (Å²) < 4.78 is 28.8. The monoisotopic (exact) mass is 164 g/mol. The van der Waals surface area contributed by atoms with E-state index in [-0.39, 0.29) is 29.4 Å². The van der Waals surface area contributed by atoms with E-state index in [0.29, 0.717) is 0 Å². The molecular formula is CH4CuF3N2-3. The van der Waals surface area contributed by atoms with E-state index in [4.69, 9.17) is 0 Å². The molecule has 0 saturated carbocycles. The Hall–Kier alpha value is 0.229. The molecule has 53 valence electrons. The van der Waals surface area contributed by atoms with Gasteiger partial charge < -0.3 is 25.5 Å². The maximum Gasteiger partial charge on any atom is 0.154 e.